The van der Waals surface area contributed by atoms with Crippen LogP contribution in [0.4, 0.5) is 0 Å². The van der Waals surface area contributed by atoms with Crippen LogP contribution >= 0.6 is 24.0 Å². The molecular weight excluding hydrogens is 499 g/mol. The molecule has 170 valence electrons. The fourth-order valence-corrected chi connectivity index (χ4v) is 5.04. The molecule has 7 heteroatoms. The van der Waals surface area contributed by atoms with Crippen molar-refractivity contribution in [3.63, 3.8) is 0 Å². The molecule has 31 heavy (non-hydrogen) atoms. The van der Waals surface area contributed by atoms with Crippen LogP contribution in [0, 0.1) is 5.92 Å². The predicted molar refractivity (Wildman–Crippen MR) is 137 cm³/mol. The summed E-state index contributed by atoms with van der Waals surface area (Å²) in [5, 5.41) is 12.5. The van der Waals surface area contributed by atoms with E-state index in [0.717, 1.165) is 57.2 Å². The summed E-state index contributed by atoms with van der Waals surface area (Å²) < 4.78 is 2.36. The first kappa shape index (κ1) is 24.0. The molecule has 0 spiro atoms. The number of likely N-dealkylation sites (tertiary alicyclic amines) is 1. The minimum atomic E-state index is 0. The number of nitrogens with one attached hydrogen (secondary N) is 1. The van der Waals surface area contributed by atoms with Gasteiger partial charge in [-0.25, -0.2) is 0 Å². The summed E-state index contributed by atoms with van der Waals surface area (Å²) in [6.45, 7) is 6.48. The number of hydrogen-bond donors (Lipinski definition) is 1. The molecule has 1 aromatic carbocycles. The number of aliphatic imine (C=N–C) groups is 1. The summed E-state index contributed by atoms with van der Waals surface area (Å²) >= 11 is 0. The molecule has 1 fully saturated rings. The second-order valence-electron chi connectivity index (χ2n) is 8.80. The molecule has 2 aliphatic rings. The van der Waals surface area contributed by atoms with Gasteiger partial charge in [0, 0.05) is 46.1 Å². The number of guanidine groups is 1. The zero-order valence-electron chi connectivity index (χ0n) is 19.0. The first-order valence-electron chi connectivity index (χ1n) is 11.7. The molecule has 0 bridgehead atoms. The number of aromatic nitrogens is 3. The van der Waals surface area contributed by atoms with E-state index >= 15 is 0 Å². The summed E-state index contributed by atoms with van der Waals surface area (Å²) in [5.74, 6) is 4.63. The maximum absolute atomic E-state index is 4.56. The van der Waals surface area contributed by atoms with Crippen LogP contribution in [0.25, 0.3) is 0 Å². The Labute approximate surface area is 203 Å². The molecule has 0 saturated carbocycles. The van der Waals surface area contributed by atoms with Gasteiger partial charge in [0.2, 0.25) is 0 Å². The number of rotatable bonds is 5. The Morgan fingerprint density at radius 1 is 1.13 bits per heavy atom. The molecule has 2 aromatic rings. The minimum absolute atomic E-state index is 0. The van der Waals surface area contributed by atoms with E-state index in [1.807, 2.05) is 7.05 Å². The second-order valence-corrected chi connectivity index (χ2v) is 8.80. The topological polar surface area (TPSA) is 58.3 Å². The Kier molecular flexibility index (Phi) is 9.16. The summed E-state index contributed by atoms with van der Waals surface area (Å²) in [4.78, 5) is 6.98. The van der Waals surface area contributed by atoms with Crippen molar-refractivity contribution in [2.75, 3.05) is 26.7 Å². The summed E-state index contributed by atoms with van der Waals surface area (Å²) in [6.07, 6.45) is 8.08. The first-order chi connectivity index (χ1) is 14.8. The van der Waals surface area contributed by atoms with E-state index in [4.69, 9.17) is 0 Å². The van der Waals surface area contributed by atoms with E-state index in [-0.39, 0.29) is 24.0 Å². The molecule has 0 amide bonds. The largest absolute Gasteiger partial charge is 0.356 e. The smallest absolute Gasteiger partial charge is 0.193 e. The lowest BCUT2D eigenvalue weighted by molar-refractivity contribution is 0.234. The van der Waals surface area contributed by atoms with Crippen molar-refractivity contribution < 1.29 is 0 Å². The monoisotopic (exact) mass is 536 g/mol. The number of hydrogen-bond acceptors (Lipinski definition) is 3. The van der Waals surface area contributed by atoms with Gasteiger partial charge >= 0.3 is 0 Å². The molecule has 3 heterocycles. The van der Waals surface area contributed by atoms with Gasteiger partial charge in [-0.05, 0) is 43.1 Å². The molecule has 1 N–H and O–H groups in total. The van der Waals surface area contributed by atoms with Crippen LogP contribution < -0.4 is 5.32 Å². The third-order valence-electron chi connectivity index (χ3n) is 6.69. The number of piperidine rings is 1. The van der Waals surface area contributed by atoms with Crippen LogP contribution in [0.1, 0.15) is 62.2 Å². The fourth-order valence-electron chi connectivity index (χ4n) is 5.04. The minimum Gasteiger partial charge on any atom is -0.356 e. The Hall–Kier alpha value is -1.64. The number of benzene rings is 1. The van der Waals surface area contributed by atoms with Gasteiger partial charge in [-0.3, -0.25) is 4.99 Å². The predicted octanol–water partition coefficient (Wildman–Crippen LogP) is 4.26. The van der Waals surface area contributed by atoms with Gasteiger partial charge in [0.1, 0.15) is 11.6 Å². The lowest BCUT2D eigenvalue weighted by Crippen LogP contribution is -2.48. The zero-order chi connectivity index (χ0) is 20.8. The molecule has 0 radical (unpaired) electrons. The lowest BCUT2D eigenvalue weighted by Gasteiger charge is -2.39. The number of nitrogens with zero attached hydrogens (tertiary/aromatic N) is 5. The van der Waals surface area contributed by atoms with Gasteiger partial charge in [-0.15, -0.1) is 34.2 Å². The Morgan fingerprint density at radius 3 is 2.74 bits per heavy atom. The van der Waals surface area contributed by atoms with E-state index in [2.05, 4.69) is 67.2 Å². The van der Waals surface area contributed by atoms with Crippen LogP contribution in [0.2, 0.25) is 0 Å². The molecule has 6 nitrogen and oxygen atoms in total. The summed E-state index contributed by atoms with van der Waals surface area (Å²) in [7, 11) is 1.90. The molecule has 4 rings (SSSR count). The second kappa shape index (κ2) is 11.8. The average molecular weight is 537 g/mol. The van der Waals surface area contributed by atoms with Crippen molar-refractivity contribution in [1.82, 2.24) is 25.0 Å². The van der Waals surface area contributed by atoms with Gasteiger partial charge in [0.05, 0.1) is 0 Å². The van der Waals surface area contributed by atoms with E-state index in [0.29, 0.717) is 11.8 Å². The van der Waals surface area contributed by atoms with Crippen LogP contribution in [0.15, 0.2) is 35.3 Å². The average Bonchev–Trinajstić information content (AvgIpc) is 3.00. The van der Waals surface area contributed by atoms with Gasteiger partial charge in [-0.2, -0.15) is 0 Å². The molecule has 1 aromatic heterocycles. The molecule has 2 unspecified atom stereocenters. The highest BCUT2D eigenvalue weighted by Gasteiger charge is 2.28. The highest BCUT2D eigenvalue weighted by molar-refractivity contribution is 14.0. The van der Waals surface area contributed by atoms with Crippen LogP contribution in [0.3, 0.4) is 0 Å². The van der Waals surface area contributed by atoms with Crippen LogP contribution in [-0.2, 0) is 19.4 Å². The SMILES string of the molecule is CN=C(NCCCc1nnc2n1CCCCC2)N1CCC(c2ccccc2)C(C)C1.I. The van der Waals surface area contributed by atoms with E-state index in [1.54, 1.807) is 0 Å². The highest BCUT2D eigenvalue weighted by Crippen LogP contribution is 2.32. The van der Waals surface area contributed by atoms with Crippen molar-refractivity contribution in [2.45, 2.75) is 64.3 Å². The van der Waals surface area contributed by atoms with Crippen molar-refractivity contribution in [2.24, 2.45) is 10.9 Å². The summed E-state index contributed by atoms with van der Waals surface area (Å²) in [5.41, 5.74) is 1.47. The third kappa shape index (κ3) is 5.99. The third-order valence-corrected chi connectivity index (χ3v) is 6.69. The van der Waals surface area contributed by atoms with Crippen LogP contribution in [-0.4, -0.2) is 52.3 Å². The van der Waals surface area contributed by atoms with E-state index in [1.165, 1.54) is 37.1 Å². The van der Waals surface area contributed by atoms with Crippen molar-refractivity contribution in [3.05, 3.63) is 47.5 Å². The van der Waals surface area contributed by atoms with Gasteiger partial charge in [-0.1, -0.05) is 43.7 Å². The van der Waals surface area contributed by atoms with Crippen LogP contribution in [0.5, 0.6) is 0 Å². The molecule has 1 saturated heterocycles. The Balaban J connectivity index is 0.00000272. The highest BCUT2D eigenvalue weighted by atomic mass is 127. The van der Waals surface area contributed by atoms with Gasteiger partial charge in [0.25, 0.3) is 0 Å². The maximum atomic E-state index is 4.56. The maximum Gasteiger partial charge on any atom is 0.193 e. The van der Waals surface area contributed by atoms with Gasteiger partial charge < -0.3 is 14.8 Å². The Bertz CT molecular complexity index is 834. The molecular formula is C24H37IN6. The van der Waals surface area contributed by atoms with Gasteiger partial charge in [0.15, 0.2) is 5.96 Å². The fraction of sp³-hybridized carbons (Fsp3) is 0.625. The molecule has 2 atom stereocenters. The molecule has 2 aliphatic heterocycles. The Morgan fingerprint density at radius 2 is 1.97 bits per heavy atom. The quantitative estimate of drug-likeness (QED) is 0.269. The number of halogens is 1. The summed E-state index contributed by atoms with van der Waals surface area (Å²) in [6, 6.07) is 11.0. The first-order valence-corrected chi connectivity index (χ1v) is 11.7. The van der Waals surface area contributed by atoms with Crippen molar-refractivity contribution >= 4 is 29.9 Å². The number of fused-ring (bicyclic) bond motifs is 1. The van der Waals surface area contributed by atoms with Crippen molar-refractivity contribution in [3.8, 4) is 0 Å². The van der Waals surface area contributed by atoms with E-state index in [9.17, 15) is 0 Å². The van der Waals surface area contributed by atoms with Crippen molar-refractivity contribution in [1.29, 1.82) is 0 Å². The number of aryl methyl sites for hydroxylation is 2. The van der Waals surface area contributed by atoms with E-state index < -0.39 is 0 Å². The zero-order valence-corrected chi connectivity index (χ0v) is 21.3. The molecule has 0 aliphatic carbocycles. The lowest BCUT2D eigenvalue weighted by atomic mass is 9.82. The normalized spacial score (nSPS) is 21.7. The standard InChI is InChI=1S/C24H36N6.HI/c1-19-18-29(17-14-21(19)20-10-5-3-6-11-20)24(25-2)26-15-9-13-23-28-27-22-12-7-4-8-16-30(22)23;/h3,5-6,10-11,19,21H,4,7-9,12-18H2,1-2H3,(H,25,26);1H.